The van der Waals surface area contributed by atoms with Gasteiger partial charge in [0.1, 0.15) is 30.2 Å². The van der Waals surface area contributed by atoms with Gasteiger partial charge in [0.2, 0.25) is 0 Å². The molecule has 4 aliphatic heterocycles. The number of carbonyl (C=O) groups excluding carboxylic acids is 1. The van der Waals surface area contributed by atoms with E-state index in [2.05, 4.69) is 54.0 Å². The fourth-order valence-electron chi connectivity index (χ4n) is 7.01. The quantitative estimate of drug-likeness (QED) is 0.353. The zero-order valence-electron chi connectivity index (χ0n) is 24.7. The van der Waals surface area contributed by atoms with Crippen LogP contribution in [0.4, 0.5) is 5.82 Å². The number of hydrogen-bond donors (Lipinski definition) is 0. The van der Waals surface area contributed by atoms with Crippen LogP contribution in [0.1, 0.15) is 34.7 Å². The van der Waals surface area contributed by atoms with Gasteiger partial charge in [-0.25, -0.2) is 4.98 Å². The Kier molecular flexibility index (Phi) is 7.38. The molecule has 0 saturated carbocycles. The van der Waals surface area contributed by atoms with Crippen molar-refractivity contribution in [2.24, 2.45) is 5.92 Å². The molecule has 2 aromatic carbocycles. The Hall–Kier alpha value is -3.46. The molecular weight excluding hydrogens is 530 g/mol. The maximum absolute atomic E-state index is 12.2. The van der Waals surface area contributed by atoms with Gasteiger partial charge in [-0.1, -0.05) is 37.3 Å². The summed E-state index contributed by atoms with van der Waals surface area (Å²) in [6.07, 6.45) is 1.98. The second-order valence-corrected chi connectivity index (χ2v) is 12.0. The summed E-state index contributed by atoms with van der Waals surface area (Å²) in [5, 5.41) is 0. The van der Waals surface area contributed by atoms with Crippen LogP contribution >= 0.6 is 0 Å². The van der Waals surface area contributed by atoms with Crippen molar-refractivity contribution < 1.29 is 23.7 Å². The van der Waals surface area contributed by atoms with Gasteiger partial charge in [-0.3, -0.25) is 9.69 Å². The van der Waals surface area contributed by atoms with Gasteiger partial charge in [0.25, 0.3) is 0 Å². The summed E-state index contributed by atoms with van der Waals surface area (Å²) in [4.78, 5) is 22.0. The fraction of sp³-hybridized carbons (Fsp3) is 0.471. The average Bonchev–Trinajstić information content (AvgIpc) is 3.26. The molecule has 0 radical (unpaired) electrons. The lowest BCUT2D eigenvalue weighted by atomic mass is 9.90. The summed E-state index contributed by atoms with van der Waals surface area (Å²) >= 11 is 0. The molecule has 3 fully saturated rings. The Labute approximate surface area is 247 Å². The van der Waals surface area contributed by atoms with Gasteiger partial charge >= 0.3 is 5.97 Å². The molecule has 220 valence electrons. The monoisotopic (exact) mass is 569 g/mol. The molecule has 8 heteroatoms. The first kappa shape index (κ1) is 27.4. The largest absolute Gasteiger partial charge is 0.488 e. The van der Waals surface area contributed by atoms with Crippen molar-refractivity contribution in [2.45, 2.75) is 58.0 Å². The predicted molar refractivity (Wildman–Crippen MR) is 160 cm³/mol. The number of ether oxygens (including phenoxy) is 4. The molecule has 0 N–H and O–H groups in total. The number of aromatic nitrogens is 1. The number of para-hydroxylation sites is 1. The van der Waals surface area contributed by atoms with Crippen LogP contribution in [0.2, 0.25) is 0 Å². The number of benzene rings is 2. The lowest BCUT2D eigenvalue weighted by Crippen LogP contribution is -2.50. The van der Waals surface area contributed by atoms with Crippen molar-refractivity contribution in [2.75, 3.05) is 44.9 Å². The SMILES string of the molecule is CCc1cc(COc2c(C)cccc2-c2cccc(N3C[C@@H]4OC(=O)C4C3COC)n2)cc2c1CN(C1COC1)CC2. The molecule has 8 nitrogen and oxygen atoms in total. The predicted octanol–water partition coefficient (Wildman–Crippen LogP) is 4.33. The maximum atomic E-state index is 12.2. The van der Waals surface area contributed by atoms with E-state index in [4.69, 9.17) is 23.9 Å². The first-order valence-electron chi connectivity index (χ1n) is 15.1. The first-order valence-corrected chi connectivity index (χ1v) is 15.1. The van der Waals surface area contributed by atoms with Gasteiger partial charge in [-0.05, 0) is 65.8 Å². The molecule has 7 rings (SSSR count). The Morgan fingerprint density at radius 1 is 1.12 bits per heavy atom. The minimum absolute atomic E-state index is 0.0804. The molecule has 4 aliphatic rings. The van der Waals surface area contributed by atoms with Crippen molar-refractivity contribution >= 4 is 11.8 Å². The van der Waals surface area contributed by atoms with Crippen molar-refractivity contribution in [1.82, 2.24) is 9.88 Å². The summed E-state index contributed by atoms with van der Waals surface area (Å²) in [6.45, 7) is 9.74. The van der Waals surface area contributed by atoms with Gasteiger partial charge in [0.15, 0.2) is 0 Å². The number of nitrogens with zero attached hydrogens (tertiary/aromatic N) is 3. The lowest BCUT2D eigenvalue weighted by Gasteiger charge is -2.40. The molecule has 2 unspecified atom stereocenters. The zero-order chi connectivity index (χ0) is 28.8. The van der Waals surface area contributed by atoms with Crippen LogP contribution in [0, 0.1) is 12.8 Å². The molecule has 1 aromatic heterocycles. The second-order valence-electron chi connectivity index (χ2n) is 12.0. The molecule has 3 aromatic rings. The molecule has 0 spiro atoms. The third kappa shape index (κ3) is 4.85. The highest BCUT2D eigenvalue weighted by Gasteiger charge is 2.56. The van der Waals surface area contributed by atoms with Crippen molar-refractivity contribution in [3.63, 3.8) is 0 Å². The number of pyridine rings is 1. The lowest BCUT2D eigenvalue weighted by molar-refractivity contribution is -0.180. The number of methoxy groups -OCH3 is 1. The molecular formula is C34H39N3O5. The van der Waals surface area contributed by atoms with Gasteiger partial charge in [-0.15, -0.1) is 0 Å². The van der Waals surface area contributed by atoms with Crippen LogP contribution in [-0.2, 0) is 45.0 Å². The normalized spacial score (nSPS) is 23.5. The number of carbonyl (C=O) groups is 1. The maximum Gasteiger partial charge on any atom is 0.315 e. The molecule has 42 heavy (non-hydrogen) atoms. The molecule has 0 aliphatic carbocycles. The van der Waals surface area contributed by atoms with E-state index < -0.39 is 0 Å². The van der Waals surface area contributed by atoms with Gasteiger partial charge in [0.05, 0.1) is 44.1 Å². The minimum Gasteiger partial charge on any atom is -0.488 e. The van der Waals surface area contributed by atoms with Gasteiger partial charge in [-0.2, -0.15) is 0 Å². The number of fused-ring (bicyclic) bond motifs is 2. The van der Waals surface area contributed by atoms with Crippen LogP contribution < -0.4 is 9.64 Å². The van der Waals surface area contributed by atoms with E-state index in [1.807, 2.05) is 18.2 Å². The number of hydrogen-bond acceptors (Lipinski definition) is 8. The van der Waals surface area contributed by atoms with Crippen LogP contribution in [0.3, 0.4) is 0 Å². The van der Waals surface area contributed by atoms with E-state index in [0.717, 1.165) is 67.5 Å². The van der Waals surface area contributed by atoms with Crippen LogP contribution in [0.25, 0.3) is 11.3 Å². The molecule has 3 saturated heterocycles. The number of anilines is 1. The highest BCUT2D eigenvalue weighted by Crippen LogP contribution is 2.40. The van der Waals surface area contributed by atoms with Gasteiger partial charge in [0, 0.05) is 25.8 Å². The van der Waals surface area contributed by atoms with E-state index >= 15 is 0 Å². The van der Waals surface area contributed by atoms with Crippen molar-refractivity contribution in [1.29, 1.82) is 0 Å². The van der Waals surface area contributed by atoms with Gasteiger partial charge < -0.3 is 23.8 Å². The van der Waals surface area contributed by atoms with E-state index in [1.165, 1.54) is 22.3 Å². The van der Waals surface area contributed by atoms with Crippen LogP contribution in [0.15, 0.2) is 48.5 Å². The Balaban J connectivity index is 1.13. The average molecular weight is 570 g/mol. The molecule has 3 atom stereocenters. The number of rotatable bonds is 9. The highest BCUT2D eigenvalue weighted by atomic mass is 16.6. The third-order valence-corrected chi connectivity index (χ3v) is 9.41. The smallest absolute Gasteiger partial charge is 0.315 e. The Morgan fingerprint density at radius 2 is 1.98 bits per heavy atom. The van der Waals surface area contributed by atoms with E-state index in [-0.39, 0.29) is 24.0 Å². The second kappa shape index (κ2) is 11.3. The summed E-state index contributed by atoms with van der Waals surface area (Å²) < 4.78 is 22.9. The van der Waals surface area contributed by atoms with Crippen molar-refractivity contribution in [3.05, 3.63) is 76.3 Å². The minimum atomic E-state index is -0.159. The van der Waals surface area contributed by atoms with Crippen molar-refractivity contribution in [3.8, 4) is 17.0 Å². The van der Waals surface area contributed by atoms with E-state index in [1.54, 1.807) is 7.11 Å². The topological polar surface area (TPSA) is 73.4 Å². The molecule has 0 amide bonds. The van der Waals surface area contributed by atoms with E-state index in [9.17, 15) is 4.79 Å². The summed E-state index contributed by atoms with van der Waals surface area (Å²) in [7, 11) is 1.67. The molecule has 5 heterocycles. The van der Waals surface area contributed by atoms with E-state index in [0.29, 0.717) is 25.8 Å². The first-order chi connectivity index (χ1) is 20.5. The standard InChI is InChI=1S/C34H39N3O5/c1-4-23-13-22(14-24-11-12-36(15-27(23)24)25-18-40-19-25)17-41-33-21(2)7-5-8-26(33)28-9-6-10-31(35-28)37-16-30-32(34(38)42-30)29(37)20-39-3/h5-10,13-14,25,29-30,32H,4,11-12,15-20H2,1-3H3/t29?,30-,32?/m0/s1. The fourth-order valence-corrected chi connectivity index (χ4v) is 7.01. The van der Waals surface area contributed by atoms with Crippen LogP contribution in [-0.4, -0.2) is 74.1 Å². The Bertz CT molecular complexity index is 1470. The highest BCUT2D eigenvalue weighted by molar-refractivity contribution is 5.82. The zero-order valence-corrected chi connectivity index (χ0v) is 24.7. The molecule has 0 bridgehead atoms. The summed E-state index contributed by atoms with van der Waals surface area (Å²) in [5.41, 5.74) is 8.45. The summed E-state index contributed by atoms with van der Waals surface area (Å²) in [6, 6.07) is 17.4. The number of esters is 1. The third-order valence-electron chi connectivity index (χ3n) is 9.41. The van der Waals surface area contributed by atoms with Crippen LogP contribution in [0.5, 0.6) is 5.75 Å². The summed E-state index contributed by atoms with van der Waals surface area (Å²) in [5.74, 6) is 1.36. The Morgan fingerprint density at radius 3 is 2.74 bits per heavy atom. The number of aryl methyl sites for hydroxylation is 2.